The lowest BCUT2D eigenvalue weighted by Gasteiger charge is -2.21. The molecule has 1 amide bonds. The van der Waals surface area contributed by atoms with Crippen molar-refractivity contribution in [3.05, 3.63) is 35.8 Å². The zero-order valence-corrected chi connectivity index (χ0v) is 20.0. The predicted octanol–water partition coefficient (Wildman–Crippen LogP) is 4.22. The largest absolute Gasteiger partial charge is 0.369 e. The van der Waals surface area contributed by atoms with Crippen LogP contribution in [0.5, 0.6) is 0 Å². The van der Waals surface area contributed by atoms with E-state index < -0.39 is 5.91 Å². The maximum absolute atomic E-state index is 14.1. The summed E-state index contributed by atoms with van der Waals surface area (Å²) in [5, 5.41) is 13.4. The molecule has 0 radical (unpaired) electrons. The Balaban J connectivity index is 2.56. The fraction of sp³-hybridized carbons (Fsp3) is 0.667. The van der Waals surface area contributed by atoms with E-state index in [2.05, 4.69) is 36.2 Å². The van der Waals surface area contributed by atoms with Gasteiger partial charge in [-0.3, -0.25) is 9.80 Å². The first kappa shape index (κ1) is 26.9. The summed E-state index contributed by atoms with van der Waals surface area (Å²) in [5.74, 6) is -0.667. The second-order valence-corrected chi connectivity index (χ2v) is 8.54. The van der Waals surface area contributed by atoms with E-state index >= 15 is 0 Å². The zero-order valence-electron chi connectivity index (χ0n) is 20.0. The number of allylic oxidation sites excluding steroid dienone is 4. The molecule has 0 bridgehead atoms. The van der Waals surface area contributed by atoms with E-state index in [1.807, 2.05) is 31.1 Å². The fourth-order valence-corrected chi connectivity index (χ4v) is 3.34. The standard InChI is InChI=1S/C24H42FN5O/c1-7-14-27-15-8-9-17(2)19(4)16-28-30-20(5)23(29-21(30)6)13-12-22(25)11-10-18(3)24(26)31/h11,13,16-18,20-21,27,29H,4,7-10,12,14-15H2,1-3,5-6H3,(H2,26,31)/b22-11+,23-13+,28-16-. The second kappa shape index (κ2) is 14.0. The maximum Gasteiger partial charge on any atom is 0.220 e. The number of halogens is 1. The fourth-order valence-electron chi connectivity index (χ4n) is 3.34. The third-order valence-corrected chi connectivity index (χ3v) is 5.72. The van der Waals surface area contributed by atoms with Gasteiger partial charge < -0.3 is 16.4 Å². The van der Waals surface area contributed by atoms with E-state index in [4.69, 9.17) is 5.73 Å². The number of nitrogens with one attached hydrogen (secondary N) is 2. The van der Waals surface area contributed by atoms with Gasteiger partial charge >= 0.3 is 0 Å². The number of nitrogens with two attached hydrogens (primary N) is 1. The molecule has 0 aromatic heterocycles. The maximum atomic E-state index is 14.1. The molecule has 0 saturated carbocycles. The van der Waals surface area contributed by atoms with Crippen molar-refractivity contribution >= 4 is 12.1 Å². The van der Waals surface area contributed by atoms with Gasteiger partial charge in [-0.1, -0.05) is 39.5 Å². The van der Waals surface area contributed by atoms with E-state index in [1.54, 1.807) is 6.92 Å². The molecule has 4 N–H and O–H groups in total. The summed E-state index contributed by atoms with van der Waals surface area (Å²) in [5.41, 5.74) is 7.17. The summed E-state index contributed by atoms with van der Waals surface area (Å²) in [6.45, 7) is 16.4. The monoisotopic (exact) mass is 435 g/mol. The van der Waals surface area contributed by atoms with Crippen LogP contribution < -0.4 is 16.4 Å². The topological polar surface area (TPSA) is 82.8 Å². The van der Waals surface area contributed by atoms with E-state index in [1.165, 1.54) is 6.08 Å². The molecule has 0 aromatic carbocycles. The van der Waals surface area contributed by atoms with Crippen molar-refractivity contribution in [3.8, 4) is 0 Å². The molecule has 0 spiro atoms. The smallest absolute Gasteiger partial charge is 0.220 e. The Morgan fingerprint density at radius 3 is 2.71 bits per heavy atom. The van der Waals surface area contributed by atoms with E-state index in [-0.39, 0.29) is 30.4 Å². The molecule has 1 fully saturated rings. The number of carbonyl (C=O) groups is 1. The van der Waals surface area contributed by atoms with Crippen LogP contribution in [0.2, 0.25) is 0 Å². The van der Waals surface area contributed by atoms with Gasteiger partial charge in [0, 0.05) is 24.3 Å². The first-order chi connectivity index (χ1) is 14.7. The van der Waals surface area contributed by atoms with Crippen LogP contribution in [0.25, 0.3) is 0 Å². The summed E-state index contributed by atoms with van der Waals surface area (Å²) in [7, 11) is 0. The Kier molecular flexibility index (Phi) is 12.2. The van der Waals surface area contributed by atoms with E-state index in [0.717, 1.165) is 43.6 Å². The quantitative estimate of drug-likeness (QED) is 0.282. The molecular weight excluding hydrogens is 393 g/mol. The van der Waals surface area contributed by atoms with Crippen LogP contribution in [-0.2, 0) is 4.79 Å². The average Bonchev–Trinajstić information content (AvgIpc) is 3.00. The van der Waals surface area contributed by atoms with E-state index in [9.17, 15) is 9.18 Å². The van der Waals surface area contributed by atoms with Crippen molar-refractivity contribution in [2.75, 3.05) is 13.1 Å². The van der Waals surface area contributed by atoms with Crippen molar-refractivity contribution < 1.29 is 9.18 Å². The van der Waals surface area contributed by atoms with Crippen LogP contribution >= 0.6 is 0 Å². The van der Waals surface area contributed by atoms with Crippen LogP contribution in [-0.4, -0.2) is 42.4 Å². The van der Waals surface area contributed by atoms with Crippen molar-refractivity contribution in [1.29, 1.82) is 0 Å². The van der Waals surface area contributed by atoms with Crippen LogP contribution in [0.1, 0.15) is 66.7 Å². The van der Waals surface area contributed by atoms with Crippen LogP contribution in [0.3, 0.4) is 0 Å². The molecule has 1 heterocycles. The summed E-state index contributed by atoms with van der Waals surface area (Å²) >= 11 is 0. The third kappa shape index (κ3) is 9.68. The summed E-state index contributed by atoms with van der Waals surface area (Å²) in [6.07, 6.45) is 9.00. The molecule has 0 aliphatic carbocycles. The first-order valence-electron chi connectivity index (χ1n) is 11.5. The zero-order chi connectivity index (χ0) is 23.4. The van der Waals surface area contributed by atoms with Crippen LogP contribution in [0, 0.1) is 11.8 Å². The van der Waals surface area contributed by atoms with E-state index in [0.29, 0.717) is 12.3 Å². The highest BCUT2D eigenvalue weighted by Crippen LogP contribution is 2.22. The number of carbonyl (C=O) groups excluding carboxylic acids is 1. The molecule has 4 atom stereocenters. The highest BCUT2D eigenvalue weighted by atomic mass is 19.1. The predicted molar refractivity (Wildman–Crippen MR) is 128 cm³/mol. The van der Waals surface area contributed by atoms with Crippen molar-refractivity contribution in [2.24, 2.45) is 22.7 Å². The van der Waals surface area contributed by atoms with Crippen molar-refractivity contribution in [1.82, 2.24) is 15.6 Å². The Bertz CT molecular complexity index is 673. The van der Waals surface area contributed by atoms with Gasteiger partial charge in [-0.25, -0.2) is 4.39 Å². The second-order valence-electron chi connectivity index (χ2n) is 8.54. The Hall–Kier alpha value is -2.15. The number of hydrogen-bond acceptors (Lipinski definition) is 5. The summed E-state index contributed by atoms with van der Waals surface area (Å²) in [4.78, 5) is 11.1. The summed E-state index contributed by atoms with van der Waals surface area (Å²) in [6, 6.07) is 0.0185. The normalized spacial score (nSPS) is 22.7. The first-order valence-corrected chi connectivity index (χ1v) is 11.5. The number of nitrogens with zero attached hydrogens (tertiary/aromatic N) is 2. The van der Waals surface area contributed by atoms with Crippen LogP contribution in [0.15, 0.2) is 40.9 Å². The molecule has 6 nitrogen and oxygen atoms in total. The van der Waals surface area contributed by atoms with Gasteiger partial charge in [0.05, 0.1) is 11.9 Å². The lowest BCUT2D eigenvalue weighted by atomic mass is 9.98. The Labute approximate surface area is 187 Å². The molecule has 7 heteroatoms. The molecule has 31 heavy (non-hydrogen) atoms. The third-order valence-electron chi connectivity index (χ3n) is 5.72. The molecule has 4 unspecified atom stereocenters. The van der Waals surface area contributed by atoms with Gasteiger partial charge in [0.2, 0.25) is 5.91 Å². The lowest BCUT2D eigenvalue weighted by Crippen LogP contribution is -2.31. The molecule has 0 aromatic rings. The van der Waals surface area contributed by atoms with Gasteiger partial charge in [0.25, 0.3) is 0 Å². The van der Waals surface area contributed by atoms with Crippen LogP contribution in [0.4, 0.5) is 4.39 Å². The number of hydrogen-bond donors (Lipinski definition) is 3. The molecule has 1 saturated heterocycles. The van der Waals surface area contributed by atoms with Crippen molar-refractivity contribution in [3.63, 3.8) is 0 Å². The van der Waals surface area contributed by atoms with Gasteiger partial charge in [0.1, 0.15) is 6.17 Å². The summed E-state index contributed by atoms with van der Waals surface area (Å²) < 4.78 is 14.1. The van der Waals surface area contributed by atoms with Gasteiger partial charge in [0.15, 0.2) is 0 Å². The molecule has 1 aliphatic rings. The lowest BCUT2D eigenvalue weighted by molar-refractivity contribution is -0.121. The number of primary amides is 1. The number of hydrazone groups is 1. The highest BCUT2D eigenvalue weighted by molar-refractivity contribution is 5.78. The van der Waals surface area contributed by atoms with Crippen molar-refractivity contribution in [2.45, 2.75) is 78.9 Å². The average molecular weight is 436 g/mol. The molecule has 176 valence electrons. The minimum Gasteiger partial charge on any atom is -0.369 e. The van der Waals surface area contributed by atoms with Gasteiger partial charge in [-0.2, -0.15) is 5.10 Å². The Morgan fingerprint density at radius 2 is 2.06 bits per heavy atom. The van der Waals surface area contributed by atoms with Gasteiger partial charge in [-0.15, -0.1) is 0 Å². The minimum absolute atomic E-state index is 0.0146. The minimum atomic E-state index is -0.417. The van der Waals surface area contributed by atoms with Gasteiger partial charge in [-0.05, 0) is 64.1 Å². The molecule has 1 aliphatic heterocycles. The number of rotatable bonds is 14. The Morgan fingerprint density at radius 1 is 1.35 bits per heavy atom. The molecular formula is C24H42FN5O. The number of amides is 1. The molecule has 1 rings (SSSR count). The SMILES string of the molecule is C=C(/C=N\N1C(C)N/C(=C/C/C(F)=C\CC(C)C(N)=O)C1C)C(C)CCCNCCC. The highest BCUT2D eigenvalue weighted by Gasteiger charge is 2.29.